The first-order valence-corrected chi connectivity index (χ1v) is 4.55. The summed E-state index contributed by atoms with van der Waals surface area (Å²) < 4.78 is 50.4. The van der Waals surface area contributed by atoms with Gasteiger partial charge in [0.05, 0.1) is 11.3 Å². The van der Waals surface area contributed by atoms with Gasteiger partial charge in [0.1, 0.15) is 11.6 Å². The second-order valence-electron chi connectivity index (χ2n) is 3.43. The van der Waals surface area contributed by atoms with Gasteiger partial charge < -0.3 is 5.73 Å². The van der Waals surface area contributed by atoms with Gasteiger partial charge in [-0.15, -0.1) is 0 Å². The van der Waals surface area contributed by atoms with Gasteiger partial charge in [0.25, 0.3) is 0 Å². The lowest BCUT2D eigenvalue weighted by Gasteiger charge is -2.08. The SMILES string of the molecule is Nc1cc(-c2cc(F)cc(C(F)(F)F)c2)[nH]n1. The Morgan fingerprint density at radius 3 is 2.35 bits per heavy atom. The number of rotatable bonds is 1. The van der Waals surface area contributed by atoms with E-state index in [1.807, 2.05) is 0 Å². The predicted molar refractivity (Wildman–Crippen MR) is 53.4 cm³/mol. The summed E-state index contributed by atoms with van der Waals surface area (Å²) in [5.74, 6) is -0.846. The van der Waals surface area contributed by atoms with E-state index >= 15 is 0 Å². The second-order valence-corrected chi connectivity index (χ2v) is 3.43. The molecule has 3 N–H and O–H groups in total. The van der Waals surface area contributed by atoms with Crippen LogP contribution in [0.3, 0.4) is 0 Å². The van der Waals surface area contributed by atoms with Crippen LogP contribution in [0.1, 0.15) is 5.56 Å². The molecule has 0 unspecified atom stereocenters. The van der Waals surface area contributed by atoms with E-state index in [9.17, 15) is 17.6 Å². The van der Waals surface area contributed by atoms with Crippen molar-refractivity contribution in [2.45, 2.75) is 6.18 Å². The molecule has 0 bridgehead atoms. The minimum atomic E-state index is -4.59. The molecule has 0 aliphatic rings. The summed E-state index contributed by atoms with van der Waals surface area (Å²) in [6.07, 6.45) is -4.59. The Kier molecular flexibility index (Phi) is 2.53. The number of alkyl halides is 3. The minimum absolute atomic E-state index is 0.0431. The van der Waals surface area contributed by atoms with Gasteiger partial charge in [-0.2, -0.15) is 18.3 Å². The highest BCUT2D eigenvalue weighted by Crippen LogP contribution is 2.32. The number of aromatic nitrogens is 2. The molecule has 0 fully saturated rings. The summed E-state index contributed by atoms with van der Waals surface area (Å²) >= 11 is 0. The first-order valence-electron chi connectivity index (χ1n) is 4.55. The molecular weight excluding hydrogens is 238 g/mol. The van der Waals surface area contributed by atoms with Crippen LogP contribution in [-0.4, -0.2) is 10.2 Å². The number of aromatic amines is 1. The van der Waals surface area contributed by atoms with Gasteiger partial charge in [-0.25, -0.2) is 4.39 Å². The number of halogens is 4. The number of anilines is 1. The van der Waals surface area contributed by atoms with Crippen molar-refractivity contribution in [3.8, 4) is 11.3 Å². The van der Waals surface area contributed by atoms with E-state index in [4.69, 9.17) is 5.73 Å². The van der Waals surface area contributed by atoms with Crippen molar-refractivity contribution in [3.63, 3.8) is 0 Å². The van der Waals surface area contributed by atoms with E-state index in [2.05, 4.69) is 10.2 Å². The molecule has 1 heterocycles. The van der Waals surface area contributed by atoms with E-state index in [0.29, 0.717) is 6.07 Å². The lowest BCUT2D eigenvalue weighted by Crippen LogP contribution is -2.05. The number of hydrogen-bond acceptors (Lipinski definition) is 2. The highest BCUT2D eigenvalue weighted by molar-refractivity contribution is 5.63. The first kappa shape index (κ1) is 11.4. The number of H-pyrrole nitrogens is 1. The third-order valence-corrected chi connectivity index (χ3v) is 2.13. The van der Waals surface area contributed by atoms with Crippen LogP contribution in [0.25, 0.3) is 11.3 Å². The predicted octanol–water partition coefficient (Wildman–Crippen LogP) is 2.82. The average Bonchev–Trinajstić information content (AvgIpc) is 2.62. The van der Waals surface area contributed by atoms with Crippen molar-refractivity contribution in [1.29, 1.82) is 0 Å². The standard InChI is InChI=1S/C10H7F4N3/c11-7-2-5(8-4-9(15)17-16-8)1-6(3-7)10(12,13)14/h1-4H,(H3,15,16,17). The third-order valence-electron chi connectivity index (χ3n) is 2.13. The maximum atomic E-state index is 13.1. The number of nitrogens with one attached hydrogen (secondary N) is 1. The fourth-order valence-corrected chi connectivity index (χ4v) is 1.39. The third kappa shape index (κ3) is 2.38. The summed E-state index contributed by atoms with van der Waals surface area (Å²) in [5, 5.41) is 5.98. The Labute approximate surface area is 93.3 Å². The molecule has 0 amide bonds. The smallest absolute Gasteiger partial charge is 0.382 e. The Balaban J connectivity index is 2.52. The molecule has 17 heavy (non-hydrogen) atoms. The van der Waals surface area contributed by atoms with Crippen LogP contribution in [0.5, 0.6) is 0 Å². The summed E-state index contributed by atoms with van der Waals surface area (Å²) in [6, 6.07) is 3.57. The van der Waals surface area contributed by atoms with Crippen LogP contribution in [0, 0.1) is 5.82 Å². The highest BCUT2D eigenvalue weighted by Gasteiger charge is 2.31. The molecule has 0 saturated carbocycles. The zero-order valence-electron chi connectivity index (χ0n) is 8.35. The van der Waals surface area contributed by atoms with Crippen molar-refractivity contribution in [2.24, 2.45) is 0 Å². The topological polar surface area (TPSA) is 54.7 Å². The van der Waals surface area contributed by atoms with E-state index < -0.39 is 17.6 Å². The van der Waals surface area contributed by atoms with Crippen molar-refractivity contribution in [3.05, 3.63) is 35.6 Å². The molecule has 2 aromatic rings. The maximum absolute atomic E-state index is 13.1. The zero-order chi connectivity index (χ0) is 12.6. The molecule has 90 valence electrons. The molecule has 7 heteroatoms. The summed E-state index contributed by atoms with van der Waals surface area (Å²) in [6.45, 7) is 0. The van der Waals surface area contributed by atoms with Crippen LogP contribution in [0.4, 0.5) is 23.4 Å². The largest absolute Gasteiger partial charge is 0.416 e. The van der Waals surface area contributed by atoms with Gasteiger partial charge in [-0.1, -0.05) is 0 Å². The van der Waals surface area contributed by atoms with E-state index in [0.717, 1.165) is 12.1 Å². The normalized spacial score (nSPS) is 11.8. The van der Waals surface area contributed by atoms with Crippen molar-refractivity contribution in [1.82, 2.24) is 10.2 Å². The Morgan fingerprint density at radius 2 is 1.82 bits per heavy atom. The van der Waals surface area contributed by atoms with Gasteiger partial charge in [-0.05, 0) is 18.2 Å². The molecule has 2 rings (SSSR count). The molecule has 1 aromatic carbocycles. The lowest BCUT2D eigenvalue weighted by molar-refractivity contribution is -0.137. The van der Waals surface area contributed by atoms with Gasteiger partial charge in [0.2, 0.25) is 0 Å². The number of hydrogen-bond donors (Lipinski definition) is 2. The quantitative estimate of drug-likeness (QED) is 0.759. The molecular formula is C10H7F4N3. The lowest BCUT2D eigenvalue weighted by atomic mass is 10.1. The van der Waals surface area contributed by atoms with Gasteiger partial charge >= 0.3 is 6.18 Å². The average molecular weight is 245 g/mol. The molecule has 0 radical (unpaired) electrons. The fourth-order valence-electron chi connectivity index (χ4n) is 1.39. The molecule has 1 aromatic heterocycles. The molecule has 0 spiro atoms. The number of benzene rings is 1. The monoisotopic (exact) mass is 245 g/mol. The summed E-state index contributed by atoms with van der Waals surface area (Å²) in [5.41, 5.74) is 4.54. The van der Waals surface area contributed by atoms with Crippen molar-refractivity contribution >= 4 is 5.82 Å². The van der Waals surface area contributed by atoms with E-state index in [1.54, 1.807) is 0 Å². The highest BCUT2D eigenvalue weighted by atomic mass is 19.4. The zero-order valence-corrected chi connectivity index (χ0v) is 8.35. The molecule has 0 aliphatic heterocycles. The van der Waals surface area contributed by atoms with Crippen LogP contribution < -0.4 is 5.73 Å². The van der Waals surface area contributed by atoms with Crippen LogP contribution in [-0.2, 0) is 6.18 Å². The Morgan fingerprint density at radius 1 is 1.12 bits per heavy atom. The summed E-state index contributed by atoms with van der Waals surface area (Å²) in [7, 11) is 0. The minimum Gasteiger partial charge on any atom is -0.382 e. The Hall–Kier alpha value is -2.05. The first-order chi connectivity index (χ1) is 7.86. The molecule has 0 aliphatic carbocycles. The second kappa shape index (κ2) is 3.76. The Bertz CT molecular complexity index is 545. The van der Waals surface area contributed by atoms with Crippen LogP contribution in [0.15, 0.2) is 24.3 Å². The number of nitrogens with zero attached hydrogens (tertiary/aromatic N) is 1. The fraction of sp³-hybridized carbons (Fsp3) is 0.100. The van der Waals surface area contributed by atoms with Crippen LogP contribution in [0.2, 0.25) is 0 Å². The maximum Gasteiger partial charge on any atom is 0.416 e. The molecule has 3 nitrogen and oxygen atoms in total. The summed E-state index contributed by atoms with van der Waals surface area (Å²) in [4.78, 5) is 0. The molecule has 0 atom stereocenters. The van der Waals surface area contributed by atoms with E-state index in [-0.39, 0.29) is 17.1 Å². The van der Waals surface area contributed by atoms with Gasteiger partial charge in [0.15, 0.2) is 0 Å². The van der Waals surface area contributed by atoms with Crippen LogP contribution >= 0.6 is 0 Å². The van der Waals surface area contributed by atoms with Gasteiger partial charge in [-0.3, -0.25) is 5.10 Å². The van der Waals surface area contributed by atoms with Gasteiger partial charge in [0, 0.05) is 11.6 Å². The number of nitrogens with two attached hydrogens (primary N) is 1. The van der Waals surface area contributed by atoms with Crippen molar-refractivity contribution < 1.29 is 17.6 Å². The van der Waals surface area contributed by atoms with E-state index in [1.165, 1.54) is 6.07 Å². The van der Waals surface area contributed by atoms with Crippen molar-refractivity contribution in [2.75, 3.05) is 5.73 Å². The number of nitrogen functional groups attached to an aromatic ring is 1. The molecule has 0 saturated heterocycles.